The lowest BCUT2D eigenvalue weighted by Gasteiger charge is -2.34. The zero-order valence-corrected chi connectivity index (χ0v) is 18.1. The second-order valence-electron chi connectivity index (χ2n) is 7.70. The van der Waals surface area contributed by atoms with E-state index in [4.69, 9.17) is 11.6 Å². The molecule has 0 atom stereocenters. The van der Waals surface area contributed by atoms with Crippen LogP contribution in [-0.2, 0) is 14.4 Å². The molecule has 0 aromatic heterocycles. The number of likely N-dealkylation sites (N-methyl/N-ethyl adjacent to an activating group) is 1. The number of rotatable bonds is 4. The van der Waals surface area contributed by atoms with Crippen molar-refractivity contribution in [1.29, 1.82) is 0 Å². The quantitative estimate of drug-likeness (QED) is 0.743. The summed E-state index contributed by atoms with van der Waals surface area (Å²) in [7, 11) is 2.03. The Bertz CT molecular complexity index is 1070. The molecule has 3 amide bonds. The summed E-state index contributed by atoms with van der Waals surface area (Å²) in [5, 5.41) is 3.17. The summed E-state index contributed by atoms with van der Waals surface area (Å²) >= 11 is 6.12. The fraction of sp³-hybridized carbons (Fsp3) is 0.261. The number of imide groups is 1. The molecule has 4 rings (SSSR count). The van der Waals surface area contributed by atoms with Gasteiger partial charge >= 0.3 is 0 Å². The molecular weight excluding hydrogens is 416 g/mol. The molecule has 0 radical (unpaired) electrons. The Morgan fingerprint density at radius 1 is 0.968 bits per heavy atom. The summed E-state index contributed by atoms with van der Waals surface area (Å²) in [6, 6.07) is 13.7. The average Bonchev–Trinajstić information content (AvgIpc) is 2.99. The molecule has 31 heavy (non-hydrogen) atoms. The second kappa shape index (κ2) is 8.53. The van der Waals surface area contributed by atoms with E-state index in [0.29, 0.717) is 46.3 Å². The highest BCUT2D eigenvalue weighted by molar-refractivity contribution is 6.45. The SMILES string of the molecule is CC(=O)Nc1ccc(C2=C(N3CCN(C)CC3)C(=O)N(c3cccc(Cl)c3)C2=O)cc1. The minimum absolute atomic E-state index is 0.177. The van der Waals surface area contributed by atoms with Crippen molar-refractivity contribution >= 4 is 46.3 Å². The van der Waals surface area contributed by atoms with Crippen molar-refractivity contribution in [3.05, 3.63) is 64.8 Å². The average molecular weight is 439 g/mol. The summed E-state index contributed by atoms with van der Waals surface area (Å²) in [6.07, 6.45) is 0. The fourth-order valence-electron chi connectivity index (χ4n) is 3.87. The van der Waals surface area contributed by atoms with Crippen molar-refractivity contribution in [3.8, 4) is 0 Å². The van der Waals surface area contributed by atoms with Crippen molar-refractivity contribution in [2.75, 3.05) is 43.4 Å². The minimum atomic E-state index is -0.381. The molecular formula is C23H23ClN4O3. The first kappa shape index (κ1) is 21.1. The summed E-state index contributed by atoms with van der Waals surface area (Å²) in [5.74, 6) is -0.907. The molecule has 160 valence electrons. The van der Waals surface area contributed by atoms with Gasteiger partial charge in [0.1, 0.15) is 5.70 Å². The van der Waals surface area contributed by atoms with E-state index in [0.717, 1.165) is 13.1 Å². The van der Waals surface area contributed by atoms with Crippen LogP contribution in [0.5, 0.6) is 0 Å². The fourth-order valence-corrected chi connectivity index (χ4v) is 4.06. The number of benzene rings is 2. The predicted octanol–water partition coefficient (Wildman–Crippen LogP) is 2.83. The monoisotopic (exact) mass is 438 g/mol. The number of carbonyl (C=O) groups excluding carboxylic acids is 3. The Morgan fingerprint density at radius 3 is 2.26 bits per heavy atom. The Labute approximate surface area is 185 Å². The van der Waals surface area contributed by atoms with Crippen LogP contribution in [0.2, 0.25) is 5.02 Å². The highest BCUT2D eigenvalue weighted by Crippen LogP contribution is 2.36. The van der Waals surface area contributed by atoms with Gasteiger partial charge in [0.2, 0.25) is 5.91 Å². The van der Waals surface area contributed by atoms with Crippen LogP contribution in [0.3, 0.4) is 0 Å². The van der Waals surface area contributed by atoms with Gasteiger partial charge in [0.05, 0.1) is 11.3 Å². The van der Waals surface area contributed by atoms with E-state index >= 15 is 0 Å². The molecule has 0 aliphatic carbocycles. The van der Waals surface area contributed by atoms with Gasteiger partial charge in [-0.3, -0.25) is 14.4 Å². The lowest BCUT2D eigenvalue weighted by atomic mass is 10.0. The Balaban J connectivity index is 1.77. The van der Waals surface area contributed by atoms with Gasteiger partial charge in [0.15, 0.2) is 0 Å². The van der Waals surface area contributed by atoms with E-state index in [1.54, 1.807) is 48.5 Å². The number of nitrogens with one attached hydrogen (secondary N) is 1. The third-order valence-electron chi connectivity index (χ3n) is 5.44. The van der Waals surface area contributed by atoms with Crippen molar-refractivity contribution in [2.24, 2.45) is 0 Å². The topological polar surface area (TPSA) is 73.0 Å². The highest BCUT2D eigenvalue weighted by atomic mass is 35.5. The summed E-state index contributed by atoms with van der Waals surface area (Å²) in [5.41, 5.74) is 2.47. The third-order valence-corrected chi connectivity index (χ3v) is 5.67. The summed E-state index contributed by atoms with van der Waals surface area (Å²) in [4.78, 5) is 43.7. The van der Waals surface area contributed by atoms with Crippen LogP contribution >= 0.6 is 11.6 Å². The van der Waals surface area contributed by atoms with Crippen molar-refractivity contribution < 1.29 is 14.4 Å². The molecule has 0 bridgehead atoms. The first-order valence-corrected chi connectivity index (χ1v) is 10.4. The number of halogens is 1. The number of amides is 3. The van der Waals surface area contributed by atoms with Crippen LogP contribution in [0, 0.1) is 0 Å². The number of nitrogens with zero attached hydrogens (tertiary/aromatic N) is 3. The van der Waals surface area contributed by atoms with E-state index in [1.165, 1.54) is 11.8 Å². The molecule has 1 fully saturated rings. The highest BCUT2D eigenvalue weighted by Gasteiger charge is 2.42. The van der Waals surface area contributed by atoms with Crippen LogP contribution in [0.25, 0.3) is 5.57 Å². The first-order chi connectivity index (χ1) is 14.8. The van der Waals surface area contributed by atoms with Crippen LogP contribution in [0.4, 0.5) is 11.4 Å². The number of piperazine rings is 1. The molecule has 0 saturated carbocycles. The van der Waals surface area contributed by atoms with Gasteiger partial charge in [-0.15, -0.1) is 0 Å². The first-order valence-electron chi connectivity index (χ1n) is 10.1. The Kier molecular flexibility index (Phi) is 5.80. The molecule has 8 heteroatoms. The van der Waals surface area contributed by atoms with Crippen molar-refractivity contribution in [3.63, 3.8) is 0 Å². The molecule has 2 aliphatic rings. The summed E-state index contributed by atoms with van der Waals surface area (Å²) in [6.45, 7) is 4.35. The van der Waals surface area contributed by atoms with E-state index in [9.17, 15) is 14.4 Å². The Morgan fingerprint density at radius 2 is 1.65 bits per heavy atom. The molecule has 2 heterocycles. The van der Waals surface area contributed by atoms with Gasteiger partial charge < -0.3 is 15.1 Å². The molecule has 7 nitrogen and oxygen atoms in total. The lowest BCUT2D eigenvalue weighted by Crippen LogP contribution is -2.46. The molecule has 2 aliphatic heterocycles. The predicted molar refractivity (Wildman–Crippen MR) is 121 cm³/mol. The van der Waals surface area contributed by atoms with Gasteiger partial charge in [-0.2, -0.15) is 0 Å². The maximum Gasteiger partial charge on any atom is 0.282 e. The van der Waals surface area contributed by atoms with Crippen LogP contribution in [-0.4, -0.2) is 60.7 Å². The summed E-state index contributed by atoms with van der Waals surface area (Å²) < 4.78 is 0. The van der Waals surface area contributed by atoms with Crippen LogP contribution < -0.4 is 10.2 Å². The van der Waals surface area contributed by atoms with Crippen LogP contribution in [0.1, 0.15) is 12.5 Å². The van der Waals surface area contributed by atoms with Crippen molar-refractivity contribution in [2.45, 2.75) is 6.92 Å². The standard InChI is InChI=1S/C23H23ClN4O3/c1-15(29)25-18-8-6-16(7-9-18)20-21(27-12-10-26(2)11-13-27)23(31)28(22(20)30)19-5-3-4-17(24)14-19/h3-9,14H,10-13H2,1-2H3,(H,25,29). The number of anilines is 2. The molecule has 0 spiro atoms. The minimum Gasteiger partial charge on any atom is -0.364 e. The van der Waals surface area contributed by atoms with E-state index in [1.807, 2.05) is 11.9 Å². The number of carbonyl (C=O) groups is 3. The maximum atomic E-state index is 13.5. The van der Waals surface area contributed by atoms with Gasteiger partial charge in [-0.05, 0) is 42.9 Å². The second-order valence-corrected chi connectivity index (χ2v) is 8.13. The van der Waals surface area contributed by atoms with Gasteiger partial charge in [-0.25, -0.2) is 4.90 Å². The van der Waals surface area contributed by atoms with E-state index in [2.05, 4.69) is 10.2 Å². The van der Waals surface area contributed by atoms with E-state index in [-0.39, 0.29) is 17.7 Å². The largest absolute Gasteiger partial charge is 0.364 e. The number of hydrogen-bond acceptors (Lipinski definition) is 5. The smallest absolute Gasteiger partial charge is 0.282 e. The zero-order chi connectivity index (χ0) is 22.1. The Hall–Kier alpha value is -3.16. The normalized spacial score (nSPS) is 17.5. The van der Waals surface area contributed by atoms with Crippen LogP contribution in [0.15, 0.2) is 54.2 Å². The third kappa shape index (κ3) is 4.19. The molecule has 1 N–H and O–H groups in total. The molecule has 1 saturated heterocycles. The van der Waals surface area contributed by atoms with Gasteiger partial charge in [-0.1, -0.05) is 29.8 Å². The zero-order valence-electron chi connectivity index (χ0n) is 17.4. The lowest BCUT2D eigenvalue weighted by molar-refractivity contribution is -0.121. The molecule has 2 aromatic carbocycles. The van der Waals surface area contributed by atoms with Gasteiger partial charge in [0, 0.05) is 43.8 Å². The van der Waals surface area contributed by atoms with Crippen molar-refractivity contribution in [1.82, 2.24) is 9.80 Å². The van der Waals surface area contributed by atoms with Gasteiger partial charge in [0.25, 0.3) is 11.8 Å². The number of hydrogen-bond donors (Lipinski definition) is 1. The molecule has 2 aromatic rings. The molecule has 0 unspecified atom stereocenters. The maximum absolute atomic E-state index is 13.5. The van der Waals surface area contributed by atoms with E-state index < -0.39 is 0 Å².